The first-order chi connectivity index (χ1) is 11.8. The third-order valence-corrected chi connectivity index (χ3v) is 5.14. The van der Waals surface area contributed by atoms with Gasteiger partial charge in [-0.1, -0.05) is 18.2 Å². The Morgan fingerprint density at radius 3 is 2.96 bits per heavy atom. The molecular formula is C18H20N4OS. The summed E-state index contributed by atoms with van der Waals surface area (Å²) < 4.78 is 0. The molecule has 0 radical (unpaired) electrons. The van der Waals surface area contributed by atoms with Crippen LogP contribution in [0.1, 0.15) is 22.6 Å². The van der Waals surface area contributed by atoms with Crippen LogP contribution in [0.4, 0.5) is 0 Å². The van der Waals surface area contributed by atoms with E-state index in [-0.39, 0.29) is 5.91 Å². The maximum Gasteiger partial charge on any atom is 0.270 e. The fraction of sp³-hybridized carbons (Fsp3) is 0.333. The maximum atomic E-state index is 12.8. The van der Waals surface area contributed by atoms with Gasteiger partial charge in [0.2, 0.25) is 0 Å². The van der Waals surface area contributed by atoms with Crippen molar-refractivity contribution in [3.05, 3.63) is 52.6 Å². The lowest BCUT2D eigenvalue weighted by molar-refractivity contribution is 0.0756. The number of thiazole rings is 1. The highest BCUT2D eigenvalue weighted by Gasteiger charge is 2.21. The van der Waals surface area contributed by atoms with E-state index >= 15 is 0 Å². The number of hydrogen-bond acceptors (Lipinski definition) is 4. The maximum absolute atomic E-state index is 12.8. The van der Waals surface area contributed by atoms with Gasteiger partial charge in [0, 0.05) is 49.0 Å². The number of aromatic amines is 1. The summed E-state index contributed by atoms with van der Waals surface area (Å²) in [7, 11) is 0. The number of hydrogen-bond donors (Lipinski definition) is 1. The number of nitrogens with zero attached hydrogens (tertiary/aromatic N) is 3. The van der Waals surface area contributed by atoms with Crippen LogP contribution in [-0.4, -0.2) is 51.9 Å². The number of para-hydroxylation sites is 1. The Balaban J connectivity index is 1.43. The van der Waals surface area contributed by atoms with Crippen molar-refractivity contribution in [2.45, 2.75) is 13.0 Å². The number of carbonyl (C=O) groups excluding carboxylic acids is 1. The zero-order chi connectivity index (χ0) is 16.4. The van der Waals surface area contributed by atoms with Gasteiger partial charge in [0.15, 0.2) is 0 Å². The molecule has 6 heteroatoms. The zero-order valence-electron chi connectivity index (χ0n) is 13.4. The summed E-state index contributed by atoms with van der Waals surface area (Å²) in [5.41, 5.74) is 4.69. The molecule has 1 aliphatic heterocycles. The normalized spacial score (nSPS) is 16.4. The van der Waals surface area contributed by atoms with Crippen molar-refractivity contribution in [3.63, 3.8) is 0 Å². The molecule has 0 atom stereocenters. The summed E-state index contributed by atoms with van der Waals surface area (Å²) >= 11 is 1.63. The van der Waals surface area contributed by atoms with Gasteiger partial charge in [-0.25, -0.2) is 4.98 Å². The molecule has 3 aromatic rings. The second kappa shape index (κ2) is 6.75. The number of carbonyl (C=O) groups is 1. The molecule has 2 aromatic heterocycles. The Labute approximate surface area is 144 Å². The molecule has 1 saturated heterocycles. The standard InChI is InChI=1S/C18H20N4OS/c23-18(17-10-14-4-1-2-5-16(14)20-17)22-7-3-6-21(8-9-22)11-15-12-24-13-19-15/h1-2,4-5,10,12-13,20H,3,6-9,11H2. The van der Waals surface area contributed by atoms with E-state index in [4.69, 9.17) is 0 Å². The monoisotopic (exact) mass is 340 g/mol. The Morgan fingerprint density at radius 1 is 1.21 bits per heavy atom. The summed E-state index contributed by atoms with van der Waals surface area (Å²) in [6.07, 6.45) is 0.996. The number of amides is 1. The van der Waals surface area contributed by atoms with Gasteiger partial charge in [0.05, 0.1) is 11.2 Å². The number of H-pyrrole nitrogens is 1. The van der Waals surface area contributed by atoms with E-state index < -0.39 is 0 Å². The van der Waals surface area contributed by atoms with Crippen molar-refractivity contribution in [2.24, 2.45) is 0 Å². The van der Waals surface area contributed by atoms with Crippen LogP contribution in [0.25, 0.3) is 10.9 Å². The Hall–Kier alpha value is -2.18. The summed E-state index contributed by atoms with van der Waals surface area (Å²) in [5.74, 6) is 0.0988. The molecule has 24 heavy (non-hydrogen) atoms. The number of fused-ring (bicyclic) bond motifs is 1. The Morgan fingerprint density at radius 2 is 2.12 bits per heavy atom. The topological polar surface area (TPSA) is 52.2 Å². The van der Waals surface area contributed by atoms with Crippen LogP contribution in [0.15, 0.2) is 41.2 Å². The summed E-state index contributed by atoms with van der Waals surface area (Å²) in [4.78, 5) is 24.8. The molecule has 1 N–H and O–H groups in total. The molecule has 0 unspecified atom stereocenters. The summed E-state index contributed by atoms with van der Waals surface area (Å²) in [5, 5.41) is 3.18. The molecule has 1 amide bonds. The second-order valence-electron chi connectivity index (χ2n) is 6.17. The first-order valence-corrected chi connectivity index (χ1v) is 9.20. The van der Waals surface area contributed by atoms with Crippen molar-refractivity contribution in [1.82, 2.24) is 19.8 Å². The predicted molar refractivity (Wildman–Crippen MR) is 96.2 cm³/mol. The quantitative estimate of drug-likeness (QED) is 0.797. The van der Waals surface area contributed by atoms with Crippen molar-refractivity contribution < 1.29 is 4.79 Å². The molecule has 0 bridgehead atoms. The molecule has 1 aliphatic rings. The average Bonchev–Trinajstić information content (AvgIpc) is 3.20. The minimum atomic E-state index is 0.0988. The molecular weight excluding hydrogens is 320 g/mol. The van der Waals surface area contributed by atoms with Gasteiger partial charge in [-0.2, -0.15) is 0 Å². The van der Waals surface area contributed by atoms with E-state index in [9.17, 15) is 4.79 Å². The molecule has 0 aliphatic carbocycles. The highest BCUT2D eigenvalue weighted by molar-refractivity contribution is 7.07. The molecule has 3 heterocycles. The summed E-state index contributed by atoms with van der Waals surface area (Å²) in [6, 6.07) is 9.96. The van der Waals surface area contributed by atoms with E-state index in [0.717, 1.165) is 55.7 Å². The van der Waals surface area contributed by atoms with Gasteiger partial charge in [-0.05, 0) is 18.6 Å². The van der Waals surface area contributed by atoms with E-state index in [1.54, 1.807) is 11.3 Å². The van der Waals surface area contributed by atoms with Crippen molar-refractivity contribution in [3.8, 4) is 0 Å². The van der Waals surface area contributed by atoms with Gasteiger partial charge >= 0.3 is 0 Å². The first-order valence-electron chi connectivity index (χ1n) is 8.26. The lowest BCUT2D eigenvalue weighted by Crippen LogP contribution is -2.35. The second-order valence-corrected chi connectivity index (χ2v) is 6.89. The Kier molecular flexibility index (Phi) is 4.32. The van der Waals surface area contributed by atoms with Crippen molar-refractivity contribution >= 4 is 28.1 Å². The first kappa shape index (κ1) is 15.4. The highest BCUT2D eigenvalue weighted by atomic mass is 32.1. The molecule has 124 valence electrons. The number of aromatic nitrogens is 2. The predicted octanol–water partition coefficient (Wildman–Crippen LogP) is 2.97. The SMILES string of the molecule is O=C(c1cc2ccccc2[nH]1)N1CCCN(Cc2cscn2)CC1. The van der Waals surface area contributed by atoms with Crippen LogP contribution in [0.5, 0.6) is 0 Å². The third kappa shape index (κ3) is 3.20. The largest absolute Gasteiger partial charge is 0.351 e. The van der Waals surface area contributed by atoms with Crippen molar-refractivity contribution in [1.29, 1.82) is 0 Å². The molecule has 4 rings (SSSR count). The number of nitrogens with one attached hydrogen (secondary N) is 1. The Bertz CT molecular complexity index is 794. The van der Waals surface area contributed by atoms with Crippen LogP contribution in [0, 0.1) is 0 Å². The molecule has 0 saturated carbocycles. The minimum Gasteiger partial charge on any atom is -0.351 e. The average molecular weight is 340 g/mol. The number of rotatable bonds is 3. The van der Waals surface area contributed by atoms with Gasteiger partial charge in [-0.15, -0.1) is 11.3 Å². The van der Waals surface area contributed by atoms with E-state index in [0.29, 0.717) is 5.69 Å². The van der Waals surface area contributed by atoms with E-state index in [1.165, 1.54) is 0 Å². The molecule has 1 aromatic carbocycles. The van der Waals surface area contributed by atoms with Crippen LogP contribution < -0.4 is 0 Å². The third-order valence-electron chi connectivity index (χ3n) is 4.51. The van der Waals surface area contributed by atoms with E-state index in [1.807, 2.05) is 40.7 Å². The fourth-order valence-corrected chi connectivity index (χ4v) is 3.79. The number of benzene rings is 1. The van der Waals surface area contributed by atoms with Crippen LogP contribution in [0.2, 0.25) is 0 Å². The van der Waals surface area contributed by atoms with Gasteiger partial charge in [0.1, 0.15) is 5.69 Å². The minimum absolute atomic E-state index is 0.0988. The van der Waals surface area contributed by atoms with Crippen LogP contribution in [0.3, 0.4) is 0 Å². The fourth-order valence-electron chi connectivity index (χ4n) is 3.24. The van der Waals surface area contributed by atoms with Crippen molar-refractivity contribution in [2.75, 3.05) is 26.2 Å². The van der Waals surface area contributed by atoms with Crippen LogP contribution in [-0.2, 0) is 6.54 Å². The lowest BCUT2D eigenvalue weighted by Gasteiger charge is -2.21. The molecule has 1 fully saturated rings. The highest BCUT2D eigenvalue weighted by Crippen LogP contribution is 2.17. The molecule has 0 spiro atoms. The van der Waals surface area contributed by atoms with Crippen LogP contribution >= 0.6 is 11.3 Å². The van der Waals surface area contributed by atoms with Gasteiger partial charge in [-0.3, -0.25) is 9.69 Å². The lowest BCUT2D eigenvalue weighted by atomic mass is 10.2. The smallest absolute Gasteiger partial charge is 0.270 e. The zero-order valence-corrected chi connectivity index (χ0v) is 14.3. The van der Waals surface area contributed by atoms with Gasteiger partial charge in [0.25, 0.3) is 5.91 Å². The van der Waals surface area contributed by atoms with Gasteiger partial charge < -0.3 is 9.88 Å². The summed E-state index contributed by atoms with van der Waals surface area (Å²) in [6.45, 7) is 4.34. The van der Waals surface area contributed by atoms with E-state index in [2.05, 4.69) is 20.2 Å². The molecule has 5 nitrogen and oxygen atoms in total.